The average Bonchev–Trinajstić information content (AvgIpc) is 2.33. The van der Waals surface area contributed by atoms with Gasteiger partial charge in [-0.1, -0.05) is 12.1 Å². The topological polar surface area (TPSA) is 104 Å². The molecule has 0 saturated heterocycles. The molecular formula is C12H12N4O2. The molecular weight excluding hydrogens is 232 g/mol. The number of nitrogens with zero attached hydrogens (tertiary/aromatic N) is 2. The van der Waals surface area contributed by atoms with Gasteiger partial charge in [0.25, 0.3) is 5.56 Å². The van der Waals surface area contributed by atoms with Gasteiger partial charge < -0.3 is 11.5 Å². The standard InChI is InChI=1S/C12H12N4O2/c13-10-5-11(17)16(15-6-10)7-8-2-1-3-9(4-8)12(14)18/h1-6H,7,13H2,(H2,14,18). The lowest BCUT2D eigenvalue weighted by Gasteiger charge is -2.05. The van der Waals surface area contributed by atoms with E-state index in [-0.39, 0.29) is 12.1 Å². The van der Waals surface area contributed by atoms with Crippen molar-refractivity contribution in [1.29, 1.82) is 0 Å². The van der Waals surface area contributed by atoms with E-state index in [1.165, 1.54) is 16.9 Å². The lowest BCUT2D eigenvalue weighted by Crippen LogP contribution is -2.23. The summed E-state index contributed by atoms with van der Waals surface area (Å²) >= 11 is 0. The van der Waals surface area contributed by atoms with E-state index in [0.29, 0.717) is 11.3 Å². The molecule has 0 aliphatic heterocycles. The number of nitrogen functional groups attached to an aromatic ring is 1. The minimum absolute atomic E-state index is 0.264. The van der Waals surface area contributed by atoms with Crippen LogP contribution in [0, 0.1) is 0 Å². The Bertz CT molecular complexity index is 649. The number of anilines is 1. The molecule has 0 radical (unpaired) electrons. The van der Waals surface area contributed by atoms with Crippen molar-refractivity contribution < 1.29 is 4.79 Å². The highest BCUT2D eigenvalue weighted by atomic mass is 16.1. The van der Waals surface area contributed by atoms with Crippen molar-refractivity contribution in [3.8, 4) is 0 Å². The number of carbonyl (C=O) groups is 1. The van der Waals surface area contributed by atoms with Crippen LogP contribution in [0.3, 0.4) is 0 Å². The summed E-state index contributed by atoms with van der Waals surface area (Å²) in [5.74, 6) is -0.505. The summed E-state index contributed by atoms with van der Waals surface area (Å²) in [5.41, 5.74) is 11.8. The predicted molar refractivity (Wildman–Crippen MR) is 67.0 cm³/mol. The van der Waals surface area contributed by atoms with Crippen LogP contribution in [0.15, 0.2) is 41.3 Å². The number of hydrogen-bond donors (Lipinski definition) is 2. The Hall–Kier alpha value is -2.63. The summed E-state index contributed by atoms with van der Waals surface area (Å²) in [6, 6.07) is 8.04. The lowest BCUT2D eigenvalue weighted by atomic mass is 10.1. The van der Waals surface area contributed by atoms with Crippen molar-refractivity contribution in [2.75, 3.05) is 5.73 Å². The number of rotatable bonds is 3. The monoisotopic (exact) mass is 244 g/mol. The Morgan fingerprint density at radius 2 is 2.11 bits per heavy atom. The van der Waals surface area contributed by atoms with Crippen molar-refractivity contribution >= 4 is 11.6 Å². The molecule has 0 saturated carbocycles. The second-order valence-corrected chi connectivity index (χ2v) is 3.85. The SMILES string of the molecule is NC(=O)c1cccc(Cn2ncc(N)cc2=O)c1. The number of amides is 1. The number of carbonyl (C=O) groups excluding carboxylic acids is 1. The first-order chi connectivity index (χ1) is 8.56. The highest BCUT2D eigenvalue weighted by Gasteiger charge is 2.03. The normalized spacial score (nSPS) is 10.2. The molecule has 0 spiro atoms. The largest absolute Gasteiger partial charge is 0.397 e. The molecule has 4 N–H and O–H groups in total. The summed E-state index contributed by atoms with van der Waals surface area (Å²) in [6.07, 6.45) is 1.40. The molecule has 0 atom stereocenters. The summed E-state index contributed by atoms with van der Waals surface area (Å²) in [6.45, 7) is 0.264. The zero-order valence-corrected chi connectivity index (χ0v) is 9.54. The van der Waals surface area contributed by atoms with Gasteiger partial charge in [-0.25, -0.2) is 4.68 Å². The van der Waals surface area contributed by atoms with Crippen LogP contribution >= 0.6 is 0 Å². The van der Waals surface area contributed by atoms with E-state index in [1.54, 1.807) is 24.3 Å². The van der Waals surface area contributed by atoms with Crippen LogP contribution in [-0.2, 0) is 6.54 Å². The number of aromatic nitrogens is 2. The van der Waals surface area contributed by atoms with Crippen molar-refractivity contribution in [3.05, 3.63) is 58.0 Å². The third-order valence-electron chi connectivity index (χ3n) is 2.43. The molecule has 18 heavy (non-hydrogen) atoms. The van der Waals surface area contributed by atoms with Crippen LogP contribution in [0.4, 0.5) is 5.69 Å². The first-order valence-corrected chi connectivity index (χ1v) is 5.27. The van der Waals surface area contributed by atoms with Gasteiger partial charge in [-0.15, -0.1) is 0 Å². The van der Waals surface area contributed by atoms with E-state index < -0.39 is 5.91 Å². The second kappa shape index (κ2) is 4.70. The highest BCUT2D eigenvalue weighted by molar-refractivity contribution is 5.92. The van der Waals surface area contributed by atoms with Crippen LogP contribution in [0.25, 0.3) is 0 Å². The molecule has 1 heterocycles. The maximum Gasteiger partial charge on any atom is 0.269 e. The molecule has 1 aromatic heterocycles. The summed E-state index contributed by atoms with van der Waals surface area (Å²) in [4.78, 5) is 22.6. The fraction of sp³-hybridized carbons (Fsp3) is 0.0833. The molecule has 6 nitrogen and oxygen atoms in total. The molecule has 6 heteroatoms. The smallest absolute Gasteiger partial charge is 0.269 e. The maximum atomic E-state index is 11.6. The first kappa shape index (κ1) is 11.8. The summed E-state index contributed by atoms with van der Waals surface area (Å²) < 4.78 is 1.26. The minimum atomic E-state index is -0.505. The second-order valence-electron chi connectivity index (χ2n) is 3.85. The van der Waals surface area contributed by atoms with Gasteiger partial charge in [0.15, 0.2) is 0 Å². The Morgan fingerprint density at radius 3 is 2.78 bits per heavy atom. The summed E-state index contributed by atoms with van der Waals surface area (Å²) in [5, 5.41) is 3.91. The van der Waals surface area contributed by atoms with Gasteiger partial charge in [0, 0.05) is 11.6 Å². The third kappa shape index (κ3) is 2.54. The molecule has 0 bridgehead atoms. The van der Waals surface area contributed by atoms with Crippen LogP contribution in [-0.4, -0.2) is 15.7 Å². The van der Waals surface area contributed by atoms with E-state index in [4.69, 9.17) is 11.5 Å². The van der Waals surface area contributed by atoms with E-state index in [1.807, 2.05) is 0 Å². The van der Waals surface area contributed by atoms with E-state index in [0.717, 1.165) is 5.56 Å². The van der Waals surface area contributed by atoms with Gasteiger partial charge in [-0.05, 0) is 17.7 Å². The van der Waals surface area contributed by atoms with Crippen molar-refractivity contribution in [3.63, 3.8) is 0 Å². The Morgan fingerprint density at radius 1 is 1.33 bits per heavy atom. The third-order valence-corrected chi connectivity index (χ3v) is 2.43. The van der Waals surface area contributed by atoms with Gasteiger partial charge in [-0.2, -0.15) is 5.10 Å². The van der Waals surface area contributed by atoms with Gasteiger partial charge in [-0.3, -0.25) is 9.59 Å². The van der Waals surface area contributed by atoms with Crippen LogP contribution in [0.1, 0.15) is 15.9 Å². The van der Waals surface area contributed by atoms with Gasteiger partial charge >= 0.3 is 0 Å². The minimum Gasteiger partial charge on any atom is -0.397 e. The van der Waals surface area contributed by atoms with Gasteiger partial charge in [0.05, 0.1) is 18.4 Å². The van der Waals surface area contributed by atoms with Crippen LogP contribution < -0.4 is 17.0 Å². The van der Waals surface area contributed by atoms with E-state index >= 15 is 0 Å². The Labute approximate surface area is 103 Å². The number of nitrogens with two attached hydrogens (primary N) is 2. The maximum absolute atomic E-state index is 11.6. The van der Waals surface area contributed by atoms with E-state index in [9.17, 15) is 9.59 Å². The molecule has 0 fully saturated rings. The number of benzene rings is 1. The molecule has 2 aromatic rings. The number of hydrogen-bond acceptors (Lipinski definition) is 4. The Kier molecular flexibility index (Phi) is 3.09. The first-order valence-electron chi connectivity index (χ1n) is 5.27. The predicted octanol–water partition coefficient (Wildman–Crippen LogP) is -0.0273. The van der Waals surface area contributed by atoms with Crippen LogP contribution in [0.2, 0.25) is 0 Å². The van der Waals surface area contributed by atoms with Crippen molar-refractivity contribution in [2.45, 2.75) is 6.54 Å². The van der Waals surface area contributed by atoms with Gasteiger partial charge in [0.2, 0.25) is 5.91 Å². The van der Waals surface area contributed by atoms with Gasteiger partial charge in [0.1, 0.15) is 0 Å². The molecule has 2 rings (SSSR count). The molecule has 0 aliphatic carbocycles. The summed E-state index contributed by atoms with van der Waals surface area (Å²) in [7, 11) is 0. The highest BCUT2D eigenvalue weighted by Crippen LogP contribution is 2.05. The average molecular weight is 244 g/mol. The molecule has 1 aromatic carbocycles. The van der Waals surface area contributed by atoms with Crippen molar-refractivity contribution in [2.24, 2.45) is 5.73 Å². The molecule has 0 unspecified atom stereocenters. The zero-order valence-electron chi connectivity index (χ0n) is 9.54. The zero-order chi connectivity index (χ0) is 13.1. The quantitative estimate of drug-likeness (QED) is 0.791. The lowest BCUT2D eigenvalue weighted by molar-refractivity contribution is 0.1000. The molecule has 1 amide bonds. The fourth-order valence-corrected chi connectivity index (χ4v) is 1.56. The number of primary amides is 1. The van der Waals surface area contributed by atoms with Crippen LogP contribution in [0.5, 0.6) is 0 Å². The Balaban J connectivity index is 2.31. The molecule has 0 aliphatic rings. The fourth-order valence-electron chi connectivity index (χ4n) is 1.56. The van der Waals surface area contributed by atoms with Crippen molar-refractivity contribution in [1.82, 2.24) is 9.78 Å². The van der Waals surface area contributed by atoms with E-state index in [2.05, 4.69) is 5.10 Å². The molecule has 92 valence electrons.